The molecular weight excluding hydrogens is 456 g/mol. The standard InChI is InChI=1S/C25H23BrN2O3/c26-20-8-12-21(13-9-20)27-23(29)18-6-10-22(11-7-18)28-24(30)25(14-16-31-17-15-25)19-4-2-1-3-5-19/h1-13H,14-17H2,(H,27,29)(H,28,30). The average Bonchev–Trinajstić information content (AvgIpc) is 2.82. The fourth-order valence-electron chi connectivity index (χ4n) is 3.82. The van der Waals surface area contributed by atoms with E-state index in [1.807, 2.05) is 54.6 Å². The normalized spacial score (nSPS) is 15.1. The van der Waals surface area contributed by atoms with Gasteiger partial charge >= 0.3 is 0 Å². The third-order valence-corrected chi connectivity index (χ3v) is 6.14. The topological polar surface area (TPSA) is 67.4 Å². The molecule has 4 rings (SSSR count). The van der Waals surface area contributed by atoms with E-state index in [1.165, 1.54) is 0 Å². The van der Waals surface area contributed by atoms with Crippen molar-refractivity contribution >= 4 is 39.1 Å². The number of benzene rings is 3. The minimum absolute atomic E-state index is 0.0472. The number of carbonyl (C=O) groups is 2. The van der Waals surface area contributed by atoms with Crippen molar-refractivity contribution in [3.05, 3.63) is 94.5 Å². The molecule has 31 heavy (non-hydrogen) atoms. The van der Waals surface area contributed by atoms with Crippen LogP contribution in [0.25, 0.3) is 0 Å². The van der Waals surface area contributed by atoms with Crippen LogP contribution in [0.1, 0.15) is 28.8 Å². The quantitative estimate of drug-likeness (QED) is 0.516. The maximum absolute atomic E-state index is 13.3. The first-order valence-corrected chi connectivity index (χ1v) is 11.0. The lowest BCUT2D eigenvalue weighted by atomic mass is 9.73. The Morgan fingerprint density at radius 2 is 1.35 bits per heavy atom. The monoisotopic (exact) mass is 478 g/mol. The molecule has 0 aliphatic carbocycles. The van der Waals surface area contributed by atoms with Gasteiger partial charge in [-0.05, 0) is 66.9 Å². The van der Waals surface area contributed by atoms with Crippen LogP contribution in [0.5, 0.6) is 0 Å². The van der Waals surface area contributed by atoms with E-state index >= 15 is 0 Å². The molecule has 0 atom stereocenters. The maximum atomic E-state index is 13.3. The lowest BCUT2D eigenvalue weighted by molar-refractivity contribution is -0.125. The molecule has 1 heterocycles. The largest absolute Gasteiger partial charge is 0.381 e. The summed E-state index contributed by atoms with van der Waals surface area (Å²) in [6, 6.07) is 24.2. The van der Waals surface area contributed by atoms with E-state index in [-0.39, 0.29) is 11.8 Å². The van der Waals surface area contributed by atoms with Crippen molar-refractivity contribution in [2.45, 2.75) is 18.3 Å². The van der Waals surface area contributed by atoms with Gasteiger partial charge in [0.15, 0.2) is 0 Å². The molecule has 0 saturated carbocycles. The number of halogens is 1. The first-order valence-electron chi connectivity index (χ1n) is 10.2. The highest BCUT2D eigenvalue weighted by molar-refractivity contribution is 9.10. The van der Waals surface area contributed by atoms with Gasteiger partial charge in [-0.1, -0.05) is 46.3 Å². The smallest absolute Gasteiger partial charge is 0.255 e. The summed E-state index contributed by atoms with van der Waals surface area (Å²) < 4.78 is 6.46. The molecule has 158 valence electrons. The van der Waals surface area contributed by atoms with Gasteiger partial charge in [-0.2, -0.15) is 0 Å². The number of ether oxygens (including phenoxy) is 1. The van der Waals surface area contributed by atoms with Crippen molar-refractivity contribution < 1.29 is 14.3 Å². The Morgan fingerprint density at radius 3 is 2.00 bits per heavy atom. The summed E-state index contributed by atoms with van der Waals surface area (Å²) in [6.45, 7) is 1.11. The van der Waals surface area contributed by atoms with E-state index < -0.39 is 5.41 Å². The van der Waals surface area contributed by atoms with Gasteiger partial charge in [0.2, 0.25) is 5.91 Å². The zero-order valence-electron chi connectivity index (χ0n) is 16.9. The summed E-state index contributed by atoms with van der Waals surface area (Å²) >= 11 is 3.38. The number of nitrogens with one attached hydrogen (secondary N) is 2. The third kappa shape index (κ3) is 4.86. The van der Waals surface area contributed by atoms with Gasteiger partial charge in [-0.25, -0.2) is 0 Å². The zero-order chi connectivity index (χ0) is 21.7. The predicted molar refractivity (Wildman–Crippen MR) is 125 cm³/mol. The molecule has 5 nitrogen and oxygen atoms in total. The molecule has 0 radical (unpaired) electrons. The fourth-order valence-corrected chi connectivity index (χ4v) is 4.08. The van der Waals surface area contributed by atoms with Crippen LogP contribution in [0.4, 0.5) is 11.4 Å². The van der Waals surface area contributed by atoms with Crippen LogP contribution in [-0.4, -0.2) is 25.0 Å². The van der Waals surface area contributed by atoms with Crippen LogP contribution in [0.15, 0.2) is 83.3 Å². The van der Waals surface area contributed by atoms with Gasteiger partial charge < -0.3 is 15.4 Å². The van der Waals surface area contributed by atoms with Crippen molar-refractivity contribution in [2.24, 2.45) is 0 Å². The molecule has 0 aromatic heterocycles. The van der Waals surface area contributed by atoms with Crippen molar-refractivity contribution in [2.75, 3.05) is 23.8 Å². The van der Waals surface area contributed by atoms with Crippen LogP contribution < -0.4 is 10.6 Å². The van der Waals surface area contributed by atoms with Crippen molar-refractivity contribution in [3.63, 3.8) is 0 Å². The highest BCUT2D eigenvalue weighted by Crippen LogP contribution is 2.36. The Morgan fingerprint density at radius 1 is 0.774 bits per heavy atom. The van der Waals surface area contributed by atoms with Crippen molar-refractivity contribution in [1.29, 1.82) is 0 Å². The minimum Gasteiger partial charge on any atom is -0.381 e. The number of anilines is 2. The summed E-state index contributed by atoms with van der Waals surface area (Å²) in [5.74, 6) is -0.251. The Bertz CT molecular complexity index is 1040. The van der Waals surface area contributed by atoms with E-state index in [4.69, 9.17) is 4.74 Å². The van der Waals surface area contributed by atoms with E-state index in [9.17, 15) is 9.59 Å². The minimum atomic E-state index is -0.614. The number of rotatable bonds is 5. The Hall–Kier alpha value is -2.96. The van der Waals surface area contributed by atoms with Crippen LogP contribution in [0, 0.1) is 0 Å². The highest BCUT2D eigenvalue weighted by atomic mass is 79.9. The second-order valence-electron chi connectivity index (χ2n) is 7.55. The zero-order valence-corrected chi connectivity index (χ0v) is 18.5. The van der Waals surface area contributed by atoms with Crippen LogP contribution in [-0.2, 0) is 14.9 Å². The number of hydrogen-bond donors (Lipinski definition) is 2. The third-order valence-electron chi connectivity index (χ3n) is 5.61. The number of carbonyl (C=O) groups excluding carboxylic acids is 2. The molecule has 3 aromatic rings. The van der Waals surface area contributed by atoms with Crippen molar-refractivity contribution in [3.8, 4) is 0 Å². The molecular formula is C25H23BrN2O3. The predicted octanol–water partition coefficient (Wildman–Crippen LogP) is 5.39. The van der Waals surface area contributed by atoms with Crippen LogP contribution in [0.3, 0.4) is 0 Å². The number of amides is 2. The molecule has 1 fully saturated rings. The maximum Gasteiger partial charge on any atom is 0.255 e. The first-order chi connectivity index (χ1) is 15.1. The summed E-state index contributed by atoms with van der Waals surface area (Å²) in [7, 11) is 0. The summed E-state index contributed by atoms with van der Waals surface area (Å²) in [4.78, 5) is 25.8. The van der Waals surface area contributed by atoms with Gasteiger partial charge in [0.1, 0.15) is 0 Å². The summed E-state index contributed by atoms with van der Waals surface area (Å²) in [6.07, 6.45) is 1.27. The van der Waals surface area contributed by atoms with Crippen LogP contribution >= 0.6 is 15.9 Å². The van der Waals surface area contributed by atoms with Gasteiger partial charge in [-0.3, -0.25) is 9.59 Å². The lowest BCUT2D eigenvalue weighted by Gasteiger charge is -2.36. The SMILES string of the molecule is O=C(Nc1ccc(Br)cc1)c1ccc(NC(=O)C2(c3ccccc3)CCOCC2)cc1. The molecule has 6 heteroatoms. The molecule has 1 saturated heterocycles. The van der Waals surface area contributed by atoms with Gasteiger partial charge in [0.05, 0.1) is 5.41 Å². The molecule has 0 bridgehead atoms. The van der Waals surface area contributed by atoms with E-state index in [2.05, 4.69) is 26.6 Å². The number of hydrogen-bond acceptors (Lipinski definition) is 3. The van der Waals surface area contributed by atoms with Gasteiger partial charge in [0, 0.05) is 34.6 Å². The molecule has 3 aromatic carbocycles. The molecule has 1 aliphatic heterocycles. The van der Waals surface area contributed by atoms with Crippen molar-refractivity contribution in [1.82, 2.24) is 0 Å². The Labute approximate surface area is 189 Å². The second-order valence-corrected chi connectivity index (χ2v) is 8.47. The van der Waals surface area contributed by atoms with E-state index in [0.717, 1.165) is 15.7 Å². The Balaban J connectivity index is 1.47. The lowest BCUT2D eigenvalue weighted by Crippen LogP contribution is -2.44. The molecule has 2 amide bonds. The molecule has 1 aliphatic rings. The summed E-state index contributed by atoms with van der Waals surface area (Å²) in [5, 5.41) is 5.91. The summed E-state index contributed by atoms with van der Waals surface area (Å²) in [5.41, 5.74) is 2.28. The highest BCUT2D eigenvalue weighted by Gasteiger charge is 2.41. The first kappa shape index (κ1) is 21.3. The van der Waals surface area contributed by atoms with Gasteiger partial charge in [0.25, 0.3) is 5.91 Å². The molecule has 0 unspecified atom stereocenters. The average molecular weight is 479 g/mol. The van der Waals surface area contributed by atoms with Crippen LogP contribution in [0.2, 0.25) is 0 Å². The van der Waals surface area contributed by atoms with Gasteiger partial charge in [-0.15, -0.1) is 0 Å². The molecule has 2 N–H and O–H groups in total. The molecule has 0 spiro atoms. The Kier molecular flexibility index (Phi) is 6.49. The van der Waals surface area contributed by atoms with E-state index in [0.29, 0.717) is 37.3 Å². The fraction of sp³-hybridized carbons (Fsp3) is 0.200. The van der Waals surface area contributed by atoms with E-state index in [1.54, 1.807) is 24.3 Å². The second kappa shape index (κ2) is 9.45.